The molecular formula is C8H17+. The topological polar surface area (TPSA) is 0 Å². The summed E-state index contributed by atoms with van der Waals surface area (Å²) in [4.78, 5) is 0. The van der Waals surface area contributed by atoms with Crippen LogP contribution in [0.15, 0.2) is 0 Å². The second-order valence-electron chi connectivity index (χ2n) is 2.21. The first-order valence-corrected chi connectivity index (χ1v) is 3.68. The van der Waals surface area contributed by atoms with Gasteiger partial charge in [0.05, 0.1) is 25.2 Å². The maximum Gasteiger partial charge on any atom is 0.0898 e. The van der Waals surface area contributed by atoms with Crippen LogP contribution in [0.2, 0.25) is 0 Å². The van der Waals surface area contributed by atoms with Crippen LogP contribution in [0.4, 0.5) is 0 Å². The van der Waals surface area contributed by atoms with Gasteiger partial charge in [0.25, 0.3) is 0 Å². The molecule has 48 valence electrons. The van der Waals surface area contributed by atoms with Crippen molar-refractivity contribution in [3.05, 3.63) is 5.92 Å². The number of hydrogen-bond acceptors (Lipinski definition) is 0. The Hall–Kier alpha value is -0.130. The van der Waals surface area contributed by atoms with E-state index in [2.05, 4.69) is 20.8 Å². The summed E-state index contributed by atoms with van der Waals surface area (Å²) in [5.74, 6) is 1.72. The predicted molar refractivity (Wildman–Crippen MR) is 38.7 cm³/mol. The molecule has 0 N–H and O–H groups in total. The summed E-state index contributed by atoms with van der Waals surface area (Å²) in [6, 6.07) is 0. The Morgan fingerprint density at radius 3 is 1.62 bits per heavy atom. The van der Waals surface area contributed by atoms with Crippen LogP contribution in [0.1, 0.15) is 46.5 Å². The molecule has 0 aromatic carbocycles. The van der Waals surface area contributed by atoms with E-state index < -0.39 is 0 Å². The van der Waals surface area contributed by atoms with Gasteiger partial charge in [-0.1, -0.05) is 6.92 Å². The molecule has 0 aromatic rings. The monoisotopic (exact) mass is 113 g/mol. The van der Waals surface area contributed by atoms with Crippen LogP contribution >= 0.6 is 0 Å². The van der Waals surface area contributed by atoms with Crippen molar-refractivity contribution in [2.75, 3.05) is 0 Å². The fourth-order valence-corrected chi connectivity index (χ4v) is 0.957. The summed E-state index contributed by atoms with van der Waals surface area (Å²) < 4.78 is 0. The molecule has 0 saturated carbocycles. The second-order valence-corrected chi connectivity index (χ2v) is 2.21. The molecule has 0 unspecified atom stereocenters. The fourth-order valence-electron chi connectivity index (χ4n) is 0.957. The van der Waals surface area contributed by atoms with Gasteiger partial charge in [0.1, 0.15) is 0 Å². The van der Waals surface area contributed by atoms with Gasteiger partial charge in [0.15, 0.2) is 0 Å². The molecule has 0 amide bonds. The van der Waals surface area contributed by atoms with Crippen LogP contribution < -0.4 is 0 Å². The minimum Gasteiger partial charge on any atom is -0.0613 e. The summed E-state index contributed by atoms with van der Waals surface area (Å²) in [7, 11) is 0. The highest BCUT2D eigenvalue weighted by Crippen LogP contribution is 2.15. The number of hydrogen-bond donors (Lipinski definition) is 0. The first kappa shape index (κ1) is 7.87. The van der Waals surface area contributed by atoms with Crippen LogP contribution in [0.5, 0.6) is 0 Å². The van der Waals surface area contributed by atoms with Gasteiger partial charge < -0.3 is 0 Å². The molecular weight excluding hydrogens is 96.1 g/mol. The molecule has 0 rings (SSSR count). The normalized spacial score (nSPS) is 9.38. The van der Waals surface area contributed by atoms with Gasteiger partial charge in [-0.3, -0.25) is 0 Å². The molecule has 0 bridgehead atoms. The first-order valence-electron chi connectivity index (χ1n) is 3.68. The quantitative estimate of drug-likeness (QED) is 0.491. The number of rotatable bonds is 4. The van der Waals surface area contributed by atoms with Crippen molar-refractivity contribution in [3.63, 3.8) is 0 Å². The summed E-state index contributed by atoms with van der Waals surface area (Å²) >= 11 is 0. The third-order valence-electron chi connectivity index (χ3n) is 1.60. The molecule has 0 heterocycles. The second kappa shape index (κ2) is 5.02. The maximum absolute atomic E-state index is 2.24. The summed E-state index contributed by atoms with van der Waals surface area (Å²) in [6.07, 6.45) is 5.22. The van der Waals surface area contributed by atoms with E-state index in [4.69, 9.17) is 0 Å². The van der Waals surface area contributed by atoms with E-state index in [1.54, 1.807) is 5.92 Å². The third kappa shape index (κ3) is 2.95. The standard InChI is InChI=1S/C8H17/c1-4-7-8(5-2)6-3/h4-7H2,1-3H3/q+1. The van der Waals surface area contributed by atoms with Crippen molar-refractivity contribution in [1.29, 1.82) is 0 Å². The molecule has 0 aromatic heterocycles. The van der Waals surface area contributed by atoms with Crippen molar-refractivity contribution in [2.45, 2.75) is 46.5 Å². The van der Waals surface area contributed by atoms with Crippen LogP contribution in [-0.2, 0) is 0 Å². The van der Waals surface area contributed by atoms with Crippen molar-refractivity contribution in [3.8, 4) is 0 Å². The predicted octanol–water partition coefficient (Wildman–Crippen LogP) is 3.18. The highest BCUT2D eigenvalue weighted by Gasteiger charge is 2.10. The zero-order chi connectivity index (χ0) is 6.41. The zero-order valence-corrected chi connectivity index (χ0v) is 6.33. The third-order valence-corrected chi connectivity index (χ3v) is 1.60. The Morgan fingerprint density at radius 1 is 1.00 bits per heavy atom. The fraction of sp³-hybridized carbons (Fsp3) is 0.875. The lowest BCUT2D eigenvalue weighted by molar-refractivity contribution is 0.688. The summed E-state index contributed by atoms with van der Waals surface area (Å²) in [5.41, 5.74) is 0. The van der Waals surface area contributed by atoms with Crippen LogP contribution in [0.3, 0.4) is 0 Å². The van der Waals surface area contributed by atoms with E-state index in [9.17, 15) is 0 Å². The molecule has 8 heavy (non-hydrogen) atoms. The molecule has 0 saturated heterocycles. The minimum absolute atomic E-state index is 1.28. The Kier molecular flexibility index (Phi) is 4.93. The molecule has 0 aliphatic rings. The lowest BCUT2D eigenvalue weighted by atomic mass is 9.98. The van der Waals surface area contributed by atoms with Crippen molar-refractivity contribution in [1.82, 2.24) is 0 Å². The Bertz CT molecular complexity index is 35.3. The highest BCUT2D eigenvalue weighted by atomic mass is 14.0. The van der Waals surface area contributed by atoms with Crippen LogP contribution in [-0.4, -0.2) is 0 Å². The van der Waals surface area contributed by atoms with E-state index in [1.165, 1.54) is 25.7 Å². The highest BCUT2D eigenvalue weighted by molar-refractivity contribution is 4.84. The average molecular weight is 113 g/mol. The van der Waals surface area contributed by atoms with Gasteiger partial charge in [-0.2, -0.15) is 0 Å². The van der Waals surface area contributed by atoms with E-state index >= 15 is 0 Å². The van der Waals surface area contributed by atoms with Crippen molar-refractivity contribution >= 4 is 0 Å². The summed E-state index contributed by atoms with van der Waals surface area (Å²) in [6.45, 7) is 6.73. The van der Waals surface area contributed by atoms with E-state index in [1.807, 2.05) is 0 Å². The molecule has 0 nitrogen and oxygen atoms in total. The van der Waals surface area contributed by atoms with Gasteiger partial charge in [0.2, 0.25) is 0 Å². The average Bonchev–Trinajstić information content (AvgIpc) is 1.83. The van der Waals surface area contributed by atoms with Gasteiger partial charge >= 0.3 is 0 Å². The SMILES string of the molecule is CCC[C+](CC)CC. The van der Waals surface area contributed by atoms with Gasteiger partial charge in [0, 0.05) is 0 Å². The summed E-state index contributed by atoms with van der Waals surface area (Å²) in [5, 5.41) is 0. The van der Waals surface area contributed by atoms with Gasteiger partial charge in [-0.05, 0) is 20.3 Å². The molecule has 0 aliphatic carbocycles. The Balaban J connectivity index is 3.07. The van der Waals surface area contributed by atoms with Crippen molar-refractivity contribution in [2.24, 2.45) is 0 Å². The van der Waals surface area contributed by atoms with Gasteiger partial charge in [-0.15, -0.1) is 0 Å². The Morgan fingerprint density at radius 2 is 1.50 bits per heavy atom. The molecule has 0 radical (unpaired) electrons. The van der Waals surface area contributed by atoms with E-state index in [-0.39, 0.29) is 0 Å². The van der Waals surface area contributed by atoms with Crippen LogP contribution in [0.25, 0.3) is 0 Å². The smallest absolute Gasteiger partial charge is 0.0613 e. The van der Waals surface area contributed by atoms with Gasteiger partial charge in [-0.25, -0.2) is 0 Å². The molecule has 0 spiro atoms. The lowest BCUT2D eigenvalue weighted by Crippen LogP contribution is -1.91. The zero-order valence-electron chi connectivity index (χ0n) is 6.33. The maximum atomic E-state index is 2.24. The Labute approximate surface area is 53.3 Å². The molecule has 0 atom stereocenters. The first-order chi connectivity index (χ1) is 3.85. The van der Waals surface area contributed by atoms with E-state index in [0.717, 1.165) is 0 Å². The lowest BCUT2D eigenvalue weighted by Gasteiger charge is -1.96. The van der Waals surface area contributed by atoms with Crippen molar-refractivity contribution < 1.29 is 0 Å². The molecule has 0 fully saturated rings. The molecule has 0 heteroatoms. The van der Waals surface area contributed by atoms with E-state index in [0.29, 0.717) is 0 Å². The minimum atomic E-state index is 1.28. The largest absolute Gasteiger partial charge is 0.0898 e. The van der Waals surface area contributed by atoms with Crippen LogP contribution in [0, 0.1) is 5.92 Å². The molecule has 0 aliphatic heterocycles.